The normalized spacial score (nSPS) is 13.3. The van der Waals surface area contributed by atoms with Crippen molar-refractivity contribution in [2.75, 3.05) is 11.9 Å². The number of nitrogens with zero attached hydrogens (tertiary/aromatic N) is 3. The topological polar surface area (TPSA) is 156 Å². The Morgan fingerprint density at radius 2 is 1.89 bits per heavy atom. The number of benzene rings is 3. The van der Waals surface area contributed by atoms with E-state index in [4.69, 9.17) is 20.5 Å². The molecule has 0 atom stereocenters. The summed E-state index contributed by atoms with van der Waals surface area (Å²) in [6.45, 7) is 3.60. The van der Waals surface area contributed by atoms with Crippen LogP contribution < -0.4 is 15.5 Å². The highest BCUT2D eigenvalue weighted by atomic mass is 17.2. The molecule has 1 aliphatic rings. The Hall–Kier alpha value is -4.74. The predicted octanol–water partition coefficient (Wildman–Crippen LogP) is 4.47. The Balaban J connectivity index is 1.62. The molecule has 1 aromatic heterocycles. The molecule has 1 aliphatic heterocycles. The van der Waals surface area contributed by atoms with Crippen LogP contribution in [0.15, 0.2) is 65.7 Å². The van der Waals surface area contributed by atoms with Crippen LogP contribution >= 0.6 is 0 Å². The first-order chi connectivity index (χ1) is 18.0. The van der Waals surface area contributed by atoms with E-state index in [2.05, 4.69) is 4.98 Å². The fraction of sp³-hybridized carbons (Fsp3) is 0.185. The number of aromatic nitrogens is 1. The fourth-order valence-electron chi connectivity index (χ4n) is 4.27. The van der Waals surface area contributed by atoms with E-state index in [1.165, 1.54) is 17.0 Å². The molecule has 4 aromatic rings. The van der Waals surface area contributed by atoms with Crippen molar-refractivity contribution >= 4 is 39.6 Å². The summed E-state index contributed by atoms with van der Waals surface area (Å²) in [7, 11) is 1.65. The number of aromatic hydroxyl groups is 1. The van der Waals surface area contributed by atoms with Gasteiger partial charge in [0.25, 0.3) is 5.69 Å². The number of fused-ring (bicyclic) bond motifs is 2. The highest BCUT2D eigenvalue weighted by molar-refractivity contribution is 6.22. The molecule has 4 N–H and O–H groups in total. The lowest BCUT2D eigenvalue weighted by Gasteiger charge is -2.25. The number of hydrogen-bond acceptors (Lipinski definition) is 8. The van der Waals surface area contributed by atoms with Crippen LogP contribution in [0.1, 0.15) is 30.5 Å². The predicted molar refractivity (Wildman–Crippen MR) is 142 cm³/mol. The molecule has 0 unspecified atom stereocenters. The van der Waals surface area contributed by atoms with Crippen molar-refractivity contribution in [1.29, 1.82) is 0 Å². The maximum absolute atomic E-state index is 12.6. The lowest BCUT2D eigenvalue weighted by Crippen LogP contribution is -2.49. The second kappa shape index (κ2) is 9.29. The highest BCUT2D eigenvalue weighted by Gasteiger charge is 2.27. The molecule has 3 aromatic carbocycles. The smallest absolute Gasteiger partial charge is 0.271 e. The lowest BCUT2D eigenvalue weighted by atomic mass is 9.99. The molecule has 5 rings (SSSR count). The first-order valence-corrected chi connectivity index (χ1v) is 11.7. The third kappa shape index (κ3) is 4.56. The number of anilines is 1. The Bertz CT molecular complexity index is 1600. The number of amides is 1. The van der Waals surface area contributed by atoms with Gasteiger partial charge in [-0.1, -0.05) is 12.1 Å². The average molecular weight is 516 g/mol. The van der Waals surface area contributed by atoms with Gasteiger partial charge in [-0.3, -0.25) is 14.9 Å². The number of carbonyl (C=O) groups excluding carboxylic acids is 1. The van der Waals surface area contributed by atoms with Crippen molar-refractivity contribution in [2.45, 2.75) is 26.0 Å². The van der Waals surface area contributed by atoms with Gasteiger partial charge in [0.05, 0.1) is 32.9 Å². The maximum Gasteiger partial charge on any atom is 0.271 e. The SMILES string of the molecule is CN(C(=O)C(C)(C)N)c1ccc(N=C(c2ccc3c(c2)OOC3)c2c(O)[nH]c3cc([N+](=O)[O-])ccc23)cc1. The summed E-state index contributed by atoms with van der Waals surface area (Å²) >= 11 is 0. The van der Waals surface area contributed by atoms with Crippen LogP contribution in [0.25, 0.3) is 10.9 Å². The van der Waals surface area contributed by atoms with E-state index in [1.807, 2.05) is 12.1 Å². The second-order valence-corrected chi connectivity index (χ2v) is 9.57. The van der Waals surface area contributed by atoms with Gasteiger partial charge >= 0.3 is 0 Å². The molecule has 1 amide bonds. The van der Waals surface area contributed by atoms with Crippen molar-refractivity contribution in [3.63, 3.8) is 0 Å². The molecule has 0 spiro atoms. The van der Waals surface area contributed by atoms with Gasteiger partial charge in [-0.05, 0) is 50.2 Å². The summed E-state index contributed by atoms with van der Waals surface area (Å²) in [4.78, 5) is 42.8. The minimum atomic E-state index is -1.03. The van der Waals surface area contributed by atoms with Crippen LogP contribution in [0, 0.1) is 10.1 Å². The van der Waals surface area contributed by atoms with Gasteiger partial charge in [0.15, 0.2) is 11.6 Å². The summed E-state index contributed by atoms with van der Waals surface area (Å²) in [5, 5.41) is 22.7. The van der Waals surface area contributed by atoms with Gasteiger partial charge in [-0.15, -0.1) is 0 Å². The summed E-state index contributed by atoms with van der Waals surface area (Å²) < 4.78 is 0. The van der Waals surface area contributed by atoms with Gasteiger partial charge in [-0.25, -0.2) is 4.99 Å². The van der Waals surface area contributed by atoms with E-state index in [9.17, 15) is 20.0 Å². The molecule has 0 bridgehead atoms. The van der Waals surface area contributed by atoms with Crippen molar-refractivity contribution in [3.8, 4) is 11.6 Å². The van der Waals surface area contributed by atoms with E-state index < -0.39 is 10.5 Å². The Kier molecular flexibility index (Phi) is 6.09. The number of nitrogens with one attached hydrogen (secondary N) is 1. The van der Waals surface area contributed by atoms with Crippen molar-refractivity contribution in [2.24, 2.45) is 10.7 Å². The average Bonchev–Trinajstić information content (AvgIpc) is 3.48. The number of likely N-dealkylation sites (N-methyl/N-ethyl adjacent to an activating group) is 1. The summed E-state index contributed by atoms with van der Waals surface area (Å²) in [5.41, 5.74) is 8.67. The number of nitro groups is 1. The molecule has 0 aliphatic carbocycles. The van der Waals surface area contributed by atoms with E-state index in [1.54, 1.807) is 57.3 Å². The number of hydrogen-bond donors (Lipinski definition) is 3. The van der Waals surface area contributed by atoms with Crippen molar-refractivity contribution in [3.05, 3.63) is 87.5 Å². The zero-order chi connectivity index (χ0) is 27.2. The van der Waals surface area contributed by atoms with Gasteiger partial charge in [0, 0.05) is 41.4 Å². The third-order valence-electron chi connectivity index (χ3n) is 6.25. The Morgan fingerprint density at radius 1 is 1.16 bits per heavy atom. The quantitative estimate of drug-likeness (QED) is 0.148. The standard InChI is InChI=1S/C27H25N5O6/c1-27(2,28)26(34)31(3)18-8-6-17(7-9-18)29-24(15-4-5-16-14-37-38-22(16)12-15)23-20-11-10-19(32(35)36)13-21(20)30-25(23)33/h4-13,30,33H,14,28H2,1-3H3. The lowest BCUT2D eigenvalue weighted by molar-refractivity contribution is -0.384. The zero-order valence-electron chi connectivity index (χ0n) is 20.9. The minimum absolute atomic E-state index is 0.109. The molecule has 11 heteroatoms. The van der Waals surface area contributed by atoms with Gasteiger partial charge < -0.3 is 25.6 Å². The van der Waals surface area contributed by atoms with Crippen molar-refractivity contribution in [1.82, 2.24) is 4.98 Å². The number of H-pyrrole nitrogens is 1. The van der Waals surface area contributed by atoms with E-state index in [0.29, 0.717) is 51.5 Å². The minimum Gasteiger partial charge on any atom is -0.494 e. The van der Waals surface area contributed by atoms with Crippen LogP contribution in [-0.2, 0) is 16.3 Å². The molecule has 0 saturated heterocycles. The van der Waals surface area contributed by atoms with Gasteiger partial charge in [-0.2, -0.15) is 4.89 Å². The molecule has 11 nitrogen and oxygen atoms in total. The van der Waals surface area contributed by atoms with Crippen molar-refractivity contribution < 1.29 is 24.6 Å². The number of aromatic amines is 1. The molecule has 0 saturated carbocycles. The number of aliphatic imine (C=N–C) groups is 1. The molecule has 38 heavy (non-hydrogen) atoms. The van der Waals surface area contributed by atoms with Gasteiger partial charge in [0.2, 0.25) is 5.91 Å². The zero-order valence-corrected chi connectivity index (χ0v) is 20.9. The van der Waals surface area contributed by atoms with Crippen LogP contribution in [-0.4, -0.2) is 39.2 Å². The third-order valence-corrected chi connectivity index (χ3v) is 6.25. The number of nitro benzene ring substituents is 1. The Morgan fingerprint density at radius 3 is 2.58 bits per heavy atom. The highest BCUT2D eigenvalue weighted by Crippen LogP contribution is 2.35. The molecule has 2 heterocycles. The molecule has 194 valence electrons. The van der Waals surface area contributed by atoms with E-state index in [0.717, 1.165) is 5.56 Å². The van der Waals surface area contributed by atoms with Gasteiger partial charge in [0.1, 0.15) is 6.61 Å². The number of non-ortho nitro benzene ring substituents is 1. The first-order valence-electron chi connectivity index (χ1n) is 11.7. The number of nitrogens with two attached hydrogens (primary N) is 1. The number of rotatable bonds is 6. The maximum atomic E-state index is 12.6. The summed E-state index contributed by atoms with van der Waals surface area (Å²) in [5.74, 6) is 0.0988. The largest absolute Gasteiger partial charge is 0.494 e. The second-order valence-electron chi connectivity index (χ2n) is 9.57. The van der Waals surface area contributed by atoms with E-state index in [-0.39, 0.29) is 17.5 Å². The summed E-state index contributed by atoms with van der Waals surface area (Å²) in [6.07, 6.45) is 0. The summed E-state index contributed by atoms with van der Waals surface area (Å²) in [6, 6.07) is 16.7. The molecule has 0 radical (unpaired) electrons. The molecular weight excluding hydrogens is 490 g/mol. The molecule has 0 fully saturated rings. The van der Waals surface area contributed by atoms with Crippen LogP contribution in [0.3, 0.4) is 0 Å². The van der Waals surface area contributed by atoms with Crippen LogP contribution in [0.2, 0.25) is 0 Å². The monoisotopic (exact) mass is 515 g/mol. The molecular formula is C27H25N5O6. The Labute approximate surface area is 217 Å². The first kappa shape index (κ1) is 24.9. The van der Waals surface area contributed by atoms with Crippen LogP contribution in [0.4, 0.5) is 17.1 Å². The number of carbonyl (C=O) groups is 1. The van der Waals surface area contributed by atoms with E-state index >= 15 is 0 Å². The fourth-order valence-corrected chi connectivity index (χ4v) is 4.27. The van der Waals surface area contributed by atoms with Crippen LogP contribution in [0.5, 0.6) is 11.6 Å².